The maximum absolute atomic E-state index is 13.1. The summed E-state index contributed by atoms with van der Waals surface area (Å²) in [5.41, 5.74) is -3.66. The quantitative estimate of drug-likeness (QED) is 0.438. The maximum atomic E-state index is 13.1. The monoisotopic (exact) mass is 395 g/mol. The summed E-state index contributed by atoms with van der Waals surface area (Å²) in [5.74, 6) is -2.54. The number of halogens is 7. The van der Waals surface area contributed by atoms with Crippen LogP contribution in [-0.4, -0.2) is 23.9 Å². The Morgan fingerprint density at radius 3 is 2.27 bits per heavy atom. The van der Waals surface area contributed by atoms with Gasteiger partial charge in [0.15, 0.2) is 11.4 Å². The van der Waals surface area contributed by atoms with Crippen LogP contribution in [0.2, 0.25) is 0 Å². The molecule has 1 rings (SSSR count). The molecule has 0 fully saturated rings. The first-order chi connectivity index (χ1) is 10.0. The van der Waals surface area contributed by atoms with E-state index in [1.54, 1.807) is 0 Å². The van der Waals surface area contributed by atoms with Gasteiger partial charge in [0.1, 0.15) is 0 Å². The van der Waals surface area contributed by atoms with Crippen LogP contribution in [0.3, 0.4) is 0 Å². The third kappa shape index (κ3) is 4.49. The Hall–Kier alpha value is -1.52. The van der Waals surface area contributed by atoms with Crippen molar-refractivity contribution in [1.29, 1.82) is 0 Å². The van der Waals surface area contributed by atoms with Crippen molar-refractivity contribution in [3.8, 4) is 5.75 Å². The van der Waals surface area contributed by atoms with Gasteiger partial charge in [-0.25, -0.2) is 9.78 Å². The molecule has 0 bridgehead atoms. The lowest BCUT2D eigenvalue weighted by Gasteiger charge is -2.18. The number of aromatic nitrogens is 1. The van der Waals surface area contributed by atoms with Crippen molar-refractivity contribution in [2.75, 3.05) is 6.61 Å². The number of hydrogen-bond acceptors (Lipinski definition) is 4. The summed E-state index contributed by atoms with van der Waals surface area (Å²) in [6.07, 6.45) is -9.93. The van der Waals surface area contributed by atoms with Crippen LogP contribution in [-0.2, 0) is 16.2 Å². The molecule has 1 aromatic heterocycles. The third-order valence-electron chi connectivity index (χ3n) is 2.26. The number of carbonyl (C=O) groups excluding carboxylic acids is 1. The number of esters is 1. The molecule has 22 heavy (non-hydrogen) atoms. The molecule has 0 aliphatic carbocycles. The topological polar surface area (TPSA) is 48.4 Å². The third-order valence-corrected chi connectivity index (χ3v) is 2.82. The average Bonchev–Trinajstić information content (AvgIpc) is 2.35. The molecule has 0 amide bonds. The maximum Gasteiger partial charge on any atom is 0.573 e. The molecular formula is C11H8BrF6NO3. The molecule has 0 aliphatic heterocycles. The molecule has 124 valence electrons. The van der Waals surface area contributed by atoms with Crippen molar-refractivity contribution in [1.82, 2.24) is 4.98 Å². The first-order valence-electron chi connectivity index (χ1n) is 5.59. The van der Waals surface area contributed by atoms with Crippen LogP contribution in [0.5, 0.6) is 5.75 Å². The Kier molecular flexibility index (Phi) is 5.65. The molecule has 0 saturated heterocycles. The van der Waals surface area contributed by atoms with Gasteiger partial charge in [-0.15, -0.1) is 13.2 Å². The molecule has 0 spiro atoms. The summed E-state index contributed by atoms with van der Waals surface area (Å²) in [4.78, 5) is 14.6. The highest BCUT2D eigenvalue weighted by atomic mass is 79.9. The van der Waals surface area contributed by atoms with Gasteiger partial charge in [-0.1, -0.05) is 15.9 Å². The van der Waals surface area contributed by atoms with Gasteiger partial charge < -0.3 is 9.47 Å². The second-order valence-electron chi connectivity index (χ2n) is 3.72. The van der Waals surface area contributed by atoms with Crippen LogP contribution in [0.4, 0.5) is 26.3 Å². The summed E-state index contributed by atoms with van der Waals surface area (Å²) < 4.78 is 83.9. The standard InChI is InChI=1S/C11H8BrF6NO3/c1-2-21-9(20)8-7(10(13,14)15)5(3-12)6(4-19-8)22-11(16,17)18/h4H,2-3H2,1H3. The van der Waals surface area contributed by atoms with Crippen molar-refractivity contribution in [2.24, 2.45) is 0 Å². The largest absolute Gasteiger partial charge is 0.573 e. The minimum absolute atomic E-state index is 0.220. The lowest BCUT2D eigenvalue weighted by Crippen LogP contribution is -2.23. The number of carbonyl (C=O) groups is 1. The number of hydrogen-bond donors (Lipinski definition) is 0. The van der Waals surface area contributed by atoms with Crippen LogP contribution in [0, 0.1) is 0 Å². The van der Waals surface area contributed by atoms with Crippen LogP contribution in [0.25, 0.3) is 0 Å². The zero-order valence-corrected chi connectivity index (χ0v) is 12.4. The Bertz CT molecular complexity index is 558. The van der Waals surface area contributed by atoms with Gasteiger partial charge in [0.2, 0.25) is 0 Å². The Morgan fingerprint density at radius 1 is 1.27 bits per heavy atom. The van der Waals surface area contributed by atoms with Gasteiger partial charge in [0, 0.05) is 10.9 Å². The van der Waals surface area contributed by atoms with Crippen molar-refractivity contribution < 1.29 is 40.6 Å². The Morgan fingerprint density at radius 2 is 1.86 bits per heavy atom. The Balaban J connectivity index is 3.54. The van der Waals surface area contributed by atoms with Gasteiger partial charge in [0.25, 0.3) is 0 Å². The van der Waals surface area contributed by atoms with E-state index in [2.05, 4.69) is 30.4 Å². The predicted molar refractivity (Wildman–Crippen MR) is 64.5 cm³/mol. The van der Waals surface area contributed by atoms with Gasteiger partial charge in [-0.2, -0.15) is 13.2 Å². The number of nitrogens with zero attached hydrogens (tertiary/aromatic N) is 1. The summed E-state index contributed by atoms with van der Waals surface area (Å²) in [7, 11) is 0. The minimum Gasteiger partial charge on any atom is -0.461 e. The lowest BCUT2D eigenvalue weighted by atomic mass is 10.1. The van der Waals surface area contributed by atoms with Crippen molar-refractivity contribution >= 4 is 21.9 Å². The second kappa shape index (κ2) is 6.71. The molecular weight excluding hydrogens is 388 g/mol. The zero-order chi connectivity index (χ0) is 17.1. The van der Waals surface area contributed by atoms with Crippen molar-refractivity contribution in [3.63, 3.8) is 0 Å². The van der Waals surface area contributed by atoms with Crippen molar-refractivity contribution in [2.45, 2.75) is 24.8 Å². The SMILES string of the molecule is CCOC(=O)c1ncc(OC(F)(F)F)c(CBr)c1C(F)(F)F. The van der Waals surface area contributed by atoms with Crippen LogP contribution >= 0.6 is 15.9 Å². The van der Waals surface area contributed by atoms with Gasteiger partial charge >= 0.3 is 18.5 Å². The lowest BCUT2D eigenvalue weighted by molar-refractivity contribution is -0.275. The fourth-order valence-corrected chi connectivity index (χ4v) is 2.09. The van der Waals surface area contributed by atoms with Crippen molar-refractivity contribution in [3.05, 3.63) is 23.0 Å². The Labute approximate surface area is 128 Å². The number of rotatable bonds is 4. The van der Waals surface area contributed by atoms with Gasteiger partial charge in [-0.05, 0) is 6.92 Å². The fraction of sp³-hybridized carbons (Fsp3) is 0.455. The number of ether oxygens (including phenoxy) is 2. The molecule has 0 aliphatic rings. The predicted octanol–water partition coefficient (Wildman–Crippen LogP) is 4.07. The highest BCUT2D eigenvalue weighted by Crippen LogP contribution is 2.40. The van der Waals surface area contributed by atoms with E-state index in [-0.39, 0.29) is 6.61 Å². The van der Waals surface area contributed by atoms with E-state index in [1.807, 2.05) is 0 Å². The first kappa shape index (κ1) is 18.5. The molecule has 1 aromatic rings. The van der Waals surface area contributed by atoms with E-state index < -0.39 is 46.4 Å². The average molecular weight is 396 g/mol. The van der Waals surface area contributed by atoms with E-state index in [0.29, 0.717) is 6.20 Å². The molecule has 0 saturated carbocycles. The molecule has 0 aromatic carbocycles. The molecule has 4 nitrogen and oxygen atoms in total. The zero-order valence-electron chi connectivity index (χ0n) is 10.8. The van der Waals surface area contributed by atoms with E-state index in [1.165, 1.54) is 6.92 Å². The van der Waals surface area contributed by atoms with E-state index in [9.17, 15) is 31.1 Å². The highest BCUT2D eigenvalue weighted by Gasteiger charge is 2.42. The second-order valence-corrected chi connectivity index (χ2v) is 4.29. The molecule has 0 radical (unpaired) electrons. The van der Waals surface area contributed by atoms with Crippen LogP contribution < -0.4 is 4.74 Å². The molecule has 0 atom stereocenters. The van der Waals surface area contributed by atoms with E-state index >= 15 is 0 Å². The molecule has 11 heteroatoms. The summed E-state index contributed by atoms with van der Waals surface area (Å²) >= 11 is 2.65. The number of pyridine rings is 1. The normalized spacial score (nSPS) is 12.2. The smallest absolute Gasteiger partial charge is 0.461 e. The fourth-order valence-electron chi connectivity index (χ4n) is 1.54. The summed E-state index contributed by atoms with van der Waals surface area (Å²) in [6.45, 7) is 1.14. The van der Waals surface area contributed by atoms with Gasteiger partial charge in [0.05, 0.1) is 18.4 Å². The molecule has 0 N–H and O–H groups in total. The summed E-state index contributed by atoms with van der Waals surface area (Å²) in [5, 5.41) is -0.637. The summed E-state index contributed by atoms with van der Waals surface area (Å²) in [6, 6.07) is 0. The number of alkyl halides is 7. The molecule has 0 unspecified atom stereocenters. The minimum atomic E-state index is -5.20. The van der Waals surface area contributed by atoms with E-state index in [4.69, 9.17) is 0 Å². The van der Waals surface area contributed by atoms with Gasteiger partial charge in [-0.3, -0.25) is 0 Å². The molecule has 1 heterocycles. The van der Waals surface area contributed by atoms with E-state index in [0.717, 1.165) is 0 Å². The van der Waals surface area contributed by atoms with Crippen LogP contribution in [0.1, 0.15) is 28.5 Å². The first-order valence-corrected chi connectivity index (χ1v) is 6.71. The van der Waals surface area contributed by atoms with Crippen LogP contribution in [0.15, 0.2) is 6.20 Å². The highest BCUT2D eigenvalue weighted by molar-refractivity contribution is 9.08.